The first-order chi connectivity index (χ1) is 14.0. The molecule has 29 heavy (non-hydrogen) atoms. The van der Waals surface area contributed by atoms with Gasteiger partial charge in [0.2, 0.25) is 5.91 Å². The third kappa shape index (κ3) is 3.91. The van der Waals surface area contributed by atoms with E-state index in [1.807, 2.05) is 0 Å². The van der Waals surface area contributed by atoms with Crippen molar-refractivity contribution in [3.63, 3.8) is 0 Å². The van der Waals surface area contributed by atoms with Crippen LogP contribution < -0.4 is 20.6 Å². The van der Waals surface area contributed by atoms with Crippen LogP contribution in [0.4, 0.5) is 15.9 Å². The number of nitrogens with zero attached hydrogens (tertiary/aromatic N) is 5. The van der Waals surface area contributed by atoms with E-state index in [2.05, 4.69) is 20.3 Å². The Bertz CT molecular complexity index is 1100. The molecule has 4 rings (SSSR count). The van der Waals surface area contributed by atoms with Crippen molar-refractivity contribution in [2.75, 3.05) is 30.4 Å². The number of carbonyl (C=O) groups is 1. The molecule has 3 aromatic rings. The van der Waals surface area contributed by atoms with E-state index in [1.165, 1.54) is 30.1 Å². The number of hydrogen-bond donors (Lipinski definition) is 1. The molecule has 2 aromatic heterocycles. The van der Waals surface area contributed by atoms with Gasteiger partial charge in [0.1, 0.15) is 12.4 Å². The first-order valence-corrected chi connectivity index (χ1v) is 9.40. The molecule has 152 valence electrons. The van der Waals surface area contributed by atoms with Crippen LogP contribution in [-0.2, 0) is 11.3 Å². The summed E-state index contributed by atoms with van der Waals surface area (Å²) in [7, 11) is 1.36. The van der Waals surface area contributed by atoms with Gasteiger partial charge in [-0.05, 0) is 37.5 Å². The standard InChI is InChI=1S/C19H21FN6O3/c1-29-15-6-5-13(11-14(15)20)21-17(27)12-26-19(28)25-10-7-16(22-18(25)23-26)24-8-3-2-4-9-24/h5-7,10-11H,2-4,8-9,12H2,1H3,(H,21,27). The summed E-state index contributed by atoms with van der Waals surface area (Å²) >= 11 is 0. The molecule has 1 fully saturated rings. The van der Waals surface area contributed by atoms with Gasteiger partial charge in [-0.1, -0.05) is 0 Å². The predicted molar refractivity (Wildman–Crippen MR) is 105 cm³/mol. The number of nitrogens with one attached hydrogen (secondary N) is 1. The Balaban J connectivity index is 1.51. The molecule has 0 bridgehead atoms. The molecule has 1 saturated heterocycles. The van der Waals surface area contributed by atoms with Gasteiger partial charge in [-0.15, -0.1) is 5.10 Å². The molecular weight excluding hydrogens is 379 g/mol. The zero-order chi connectivity index (χ0) is 20.4. The number of benzene rings is 1. The zero-order valence-electron chi connectivity index (χ0n) is 16.0. The highest BCUT2D eigenvalue weighted by Crippen LogP contribution is 2.20. The number of carbonyl (C=O) groups excluding carboxylic acids is 1. The number of hydrogen-bond acceptors (Lipinski definition) is 6. The Morgan fingerprint density at radius 1 is 1.24 bits per heavy atom. The van der Waals surface area contributed by atoms with E-state index in [9.17, 15) is 14.0 Å². The van der Waals surface area contributed by atoms with Crippen LogP contribution in [0.5, 0.6) is 5.75 Å². The van der Waals surface area contributed by atoms with E-state index in [0.29, 0.717) is 0 Å². The Labute approximate surface area is 165 Å². The molecule has 1 aliphatic rings. The number of aromatic nitrogens is 4. The van der Waals surface area contributed by atoms with E-state index in [4.69, 9.17) is 4.74 Å². The van der Waals surface area contributed by atoms with Crippen molar-refractivity contribution < 1.29 is 13.9 Å². The molecule has 1 aromatic carbocycles. The molecule has 1 N–H and O–H groups in total. The Hall–Kier alpha value is -3.43. The predicted octanol–water partition coefficient (Wildman–Crippen LogP) is 1.67. The number of amides is 1. The Morgan fingerprint density at radius 2 is 2.03 bits per heavy atom. The van der Waals surface area contributed by atoms with E-state index in [0.717, 1.165) is 42.5 Å². The molecule has 1 aliphatic heterocycles. The monoisotopic (exact) mass is 400 g/mol. The summed E-state index contributed by atoms with van der Waals surface area (Å²) in [5.41, 5.74) is -0.204. The van der Waals surface area contributed by atoms with Crippen LogP contribution in [0.3, 0.4) is 0 Å². The fraction of sp³-hybridized carbons (Fsp3) is 0.368. The van der Waals surface area contributed by atoms with Gasteiger partial charge < -0.3 is 15.0 Å². The molecule has 0 spiro atoms. The van der Waals surface area contributed by atoms with Crippen molar-refractivity contribution in [2.45, 2.75) is 25.8 Å². The lowest BCUT2D eigenvalue weighted by Gasteiger charge is -2.27. The number of halogens is 1. The second kappa shape index (κ2) is 7.90. The van der Waals surface area contributed by atoms with Crippen LogP contribution in [0.1, 0.15) is 19.3 Å². The number of fused-ring (bicyclic) bond motifs is 1. The number of piperidine rings is 1. The number of ether oxygens (including phenoxy) is 1. The fourth-order valence-electron chi connectivity index (χ4n) is 3.38. The highest BCUT2D eigenvalue weighted by Gasteiger charge is 2.16. The van der Waals surface area contributed by atoms with Crippen LogP contribution in [0.15, 0.2) is 35.3 Å². The fourth-order valence-corrected chi connectivity index (χ4v) is 3.38. The second-order valence-corrected chi connectivity index (χ2v) is 6.84. The van der Waals surface area contributed by atoms with Crippen molar-refractivity contribution in [2.24, 2.45) is 0 Å². The van der Waals surface area contributed by atoms with Gasteiger partial charge in [-0.2, -0.15) is 4.98 Å². The van der Waals surface area contributed by atoms with Gasteiger partial charge >= 0.3 is 5.69 Å². The third-order valence-corrected chi connectivity index (χ3v) is 4.85. The smallest absolute Gasteiger partial charge is 0.352 e. The van der Waals surface area contributed by atoms with Crippen molar-refractivity contribution in [1.82, 2.24) is 19.2 Å². The maximum Gasteiger partial charge on any atom is 0.352 e. The SMILES string of the molecule is COc1ccc(NC(=O)Cn2nc3nc(N4CCCCC4)ccn3c2=O)cc1F. The van der Waals surface area contributed by atoms with Crippen LogP contribution >= 0.6 is 0 Å². The van der Waals surface area contributed by atoms with E-state index in [1.54, 1.807) is 12.3 Å². The highest BCUT2D eigenvalue weighted by molar-refractivity contribution is 5.90. The maximum absolute atomic E-state index is 13.8. The minimum Gasteiger partial charge on any atom is -0.494 e. The lowest BCUT2D eigenvalue weighted by Crippen LogP contribution is -2.30. The first kappa shape index (κ1) is 18.9. The van der Waals surface area contributed by atoms with E-state index in [-0.39, 0.29) is 23.8 Å². The molecule has 1 amide bonds. The lowest BCUT2D eigenvalue weighted by molar-refractivity contribution is -0.117. The van der Waals surface area contributed by atoms with Crippen LogP contribution in [0.2, 0.25) is 0 Å². The quantitative estimate of drug-likeness (QED) is 0.700. The summed E-state index contributed by atoms with van der Waals surface area (Å²) in [4.78, 5) is 31.4. The van der Waals surface area contributed by atoms with Gasteiger partial charge in [-0.25, -0.2) is 18.3 Å². The van der Waals surface area contributed by atoms with Gasteiger partial charge in [0.15, 0.2) is 11.6 Å². The molecular formula is C19H21FN6O3. The summed E-state index contributed by atoms with van der Waals surface area (Å²) in [6.45, 7) is 1.54. The minimum absolute atomic E-state index is 0.0788. The minimum atomic E-state index is -0.593. The molecule has 9 nitrogen and oxygen atoms in total. The molecule has 3 heterocycles. The third-order valence-electron chi connectivity index (χ3n) is 4.85. The van der Waals surface area contributed by atoms with Crippen molar-refractivity contribution in [3.8, 4) is 5.75 Å². The summed E-state index contributed by atoms with van der Waals surface area (Å²) in [6.07, 6.45) is 5.05. The molecule has 0 aliphatic carbocycles. The summed E-state index contributed by atoms with van der Waals surface area (Å²) in [5.74, 6) is -0.00926. The zero-order valence-corrected chi connectivity index (χ0v) is 16.0. The van der Waals surface area contributed by atoms with Crippen LogP contribution in [0.25, 0.3) is 5.78 Å². The first-order valence-electron chi connectivity index (χ1n) is 9.40. The van der Waals surface area contributed by atoms with Crippen molar-refractivity contribution in [1.29, 1.82) is 0 Å². The topological polar surface area (TPSA) is 93.8 Å². The molecule has 0 atom stereocenters. The lowest BCUT2D eigenvalue weighted by atomic mass is 10.1. The van der Waals surface area contributed by atoms with Gasteiger partial charge in [-0.3, -0.25) is 4.79 Å². The average molecular weight is 400 g/mol. The highest BCUT2D eigenvalue weighted by atomic mass is 19.1. The van der Waals surface area contributed by atoms with Crippen molar-refractivity contribution in [3.05, 3.63) is 46.8 Å². The summed E-state index contributed by atoms with van der Waals surface area (Å²) in [5, 5.41) is 6.71. The Morgan fingerprint density at radius 3 is 2.76 bits per heavy atom. The molecule has 0 unspecified atom stereocenters. The van der Waals surface area contributed by atoms with Gasteiger partial charge in [0.25, 0.3) is 5.78 Å². The molecule has 0 radical (unpaired) electrons. The van der Waals surface area contributed by atoms with Crippen LogP contribution in [0, 0.1) is 5.82 Å². The molecule has 10 heteroatoms. The average Bonchev–Trinajstić information content (AvgIpc) is 3.03. The van der Waals surface area contributed by atoms with E-state index >= 15 is 0 Å². The number of anilines is 2. The largest absolute Gasteiger partial charge is 0.494 e. The maximum atomic E-state index is 13.8. The summed E-state index contributed by atoms with van der Waals surface area (Å²) < 4.78 is 20.9. The number of methoxy groups -OCH3 is 1. The van der Waals surface area contributed by atoms with Crippen molar-refractivity contribution >= 4 is 23.2 Å². The van der Waals surface area contributed by atoms with E-state index < -0.39 is 17.4 Å². The van der Waals surface area contributed by atoms with Crippen LogP contribution in [-0.4, -0.2) is 45.3 Å². The normalized spacial score (nSPS) is 14.2. The molecule has 0 saturated carbocycles. The number of rotatable bonds is 5. The second-order valence-electron chi connectivity index (χ2n) is 6.84. The van der Waals surface area contributed by atoms with Gasteiger partial charge in [0, 0.05) is 31.0 Å². The van der Waals surface area contributed by atoms with Gasteiger partial charge in [0.05, 0.1) is 7.11 Å². The Kier molecular flexibility index (Phi) is 5.15. The summed E-state index contributed by atoms with van der Waals surface area (Å²) in [6, 6.07) is 5.86.